The zero-order valence-corrected chi connectivity index (χ0v) is 10.7. The second-order valence-electron chi connectivity index (χ2n) is 5.75. The highest BCUT2D eigenvalue weighted by atomic mass is 16.1. The summed E-state index contributed by atoms with van der Waals surface area (Å²) in [4.78, 5) is 14.0. The van der Waals surface area contributed by atoms with Crippen LogP contribution in [0.5, 0.6) is 0 Å². The Hall–Kier alpha value is -1.35. The molecule has 2 heterocycles. The summed E-state index contributed by atoms with van der Waals surface area (Å²) in [6.07, 6.45) is 3.12. The van der Waals surface area contributed by atoms with Crippen LogP contribution in [-0.4, -0.2) is 30.4 Å². The summed E-state index contributed by atoms with van der Waals surface area (Å²) in [5.41, 5.74) is 1.58. The fraction of sp³-hybridized carbons (Fsp3) is 0.533. The fourth-order valence-corrected chi connectivity index (χ4v) is 3.33. The highest BCUT2D eigenvalue weighted by molar-refractivity contribution is 5.79. The molecule has 0 saturated carbocycles. The first-order valence-corrected chi connectivity index (χ1v) is 6.79. The Labute approximate surface area is 108 Å². The van der Waals surface area contributed by atoms with E-state index in [4.69, 9.17) is 0 Å². The smallest absolute Gasteiger partial charge is 0.220 e. The molecule has 0 radical (unpaired) electrons. The lowest BCUT2D eigenvalue weighted by Crippen LogP contribution is -2.43. The first-order valence-electron chi connectivity index (χ1n) is 6.79. The number of benzene rings is 1. The lowest BCUT2D eigenvalue weighted by molar-refractivity contribution is -0.119. The van der Waals surface area contributed by atoms with Gasteiger partial charge < -0.3 is 5.32 Å². The molecule has 1 N–H and O–H groups in total. The third-order valence-electron chi connectivity index (χ3n) is 4.19. The average Bonchev–Trinajstić information content (AvgIpc) is 2.72. The second kappa shape index (κ2) is 4.73. The van der Waals surface area contributed by atoms with Gasteiger partial charge in [-0.15, -0.1) is 0 Å². The normalized spacial score (nSPS) is 28.6. The number of piperidine rings is 1. The topological polar surface area (TPSA) is 32.3 Å². The molecule has 2 saturated heterocycles. The van der Waals surface area contributed by atoms with Crippen LogP contribution in [-0.2, 0) is 11.3 Å². The Morgan fingerprint density at radius 1 is 1.28 bits per heavy atom. The highest BCUT2D eigenvalue weighted by Crippen LogP contribution is 2.36. The molecule has 2 aliphatic heterocycles. The van der Waals surface area contributed by atoms with Crippen molar-refractivity contribution in [2.45, 2.75) is 25.8 Å². The SMILES string of the molecule is O=C1C[C@]2(CCCN(Cc3ccccc3)C2)CN1. The van der Waals surface area contributed by atoms with Crippen molar-refractivity contribution < 1.29 is 4.79 Å². The number of hydrogen-bond acceptors (Lipinski definition) is 2. The van der Waals surface area contributed by atoms with Gasteiger partial charge in [-0.3, -0.25) is 9.69 Å². The van der Waals surface area contributed by atoms with Gasteiger partial charge in [0.2, 0.25) is 5.91 Å². The number of carbonyl (C=O) groups is 1. The van der Waals surface area contributed by atoms with Crippen LogP contribution >= 0.6 is 0 Å². The van der Waals surface area contributed by atoms with E-state index < -0.39 is 0 Å². The summed E-state index contributed by atoms with van der Waals surface area (Å²) in [6.45, 7) is 4.10. The molecule has 1 aromatic rings. The maximum atomic E-state index is 11.5. The van der Waals surface area contributed by atoms with Gasteiger partial charge in [0.15, 0.2) is 0 Å². The number of nitrogens with one attached hydrogen (secondary N) is 1. The van der Waals surface area contributed by atoms with Crippen molar-refractivity contribution in [3.05, 3.63) is 35.9 Å². The average molecular weight is 244 g/mol. The van der Waals surface area contributed by atoms with Gasteiger partial charge in [0.1, 0.15) is 0 Å². The van der Waals surface area contributed by atoms with Crippen LogP contribution in [0, 0.1) is 5.41 Å². The number of amides is 1. The predicted molar refractivity (Wildman–Crippen MR) is 71.0 cm³/mol. The first kappa shape index (κ1) is 11.7. The van der Waals surface area contributed by atoms with Crippen LogP contribution in [0.2, 0.25) is 0 Å². The Morgan fingerprint density at radius 2 is 2.11 bits per heavy atom. The van der Waals surface area contributed by atoms with Crippen molar-refractivity contribution in [1.82, 2.24) is 10.2 Å². The highest BCUT2D eigenvalue weighted by Gasteiger charge is 2.41. The third-order valence-corrected chi connectivity index (χ3v) is 4.19. The van der Waals surface area contributed by atoms with E-state index in [0.29, 0.717) is 0 Å². The second-order valence-corrected chi connectivity index (χ2v) is 5.75. The van der Waals surface area contributed by atoms with Crippen molar-refractivity contribution in [3.8, 4) is 0 Å². The molecular formula is C15H20N2O. The molecule has 18 heavy (non-hydrogen) atoms. The molecule has 0 unspecified atom stereocenters. The standard InChI is InChI=1S/C15H20N2O/c18-14-9-15(11-16-14)7-4-8-17(12-15)10-13-5-2-1-3-6-13/h1-3,5-6H,4,7-12H2,(H,16,18)/t15-/m1/s1. The fourth-order valence-electron chi connectivity index (χ4n) is 3.33. The lowest BCUT2D eigenvalue weighted by atomic mass is 9.79. The quantitative estimate of drug-likeness (QED) is 0.860. The predicted octanol–water partition coefficient (Wildman–Crippen LogP) is 1.79. The van der Waals surface area contributed by atoms with Crippen LogP contribution < -0.4 is 5.32 Å². The van der Waals surface area contributed by atoms with Gasteiger partial charge >= 0.3 is 0 Å². The Balaban J connectivity index is 1.66. The van der Waals surface area contributed by atoms with Crippen molar-refractivity contribution >= 4 is 5.91 Å². The third kappa shape index (κ3) is 2.41. The number of hydrogen-bond donors (Lipinski definition) is 1. The number of carbonyl (C=O) groups excluding carboxylic acids is 1. The van der Waals surface area contributed by atoms with Crippen molar-refractivity contribution in [2.24, 2.45) is 5.41 Å². The van der Waals surface area contributed by atoms with Crippen LogP contribution in [0.25, 0.3) is 0 Å². The zero-order valence-electron chi connectivity index (χ0n) is 10.7. The summed E-state index contributed by atoms with van der Waals surface area (Å²) in [5.74, 6) is 0.233. The Bertz CT molecular complexity index is 431. The van der Waals surface area contributed by atoms with Crippen LogP contribution in [0.4, 0.5) is 0 Å². The van der Waals surface area contributed by atoms with Crippen molar-refractivity contribution in [1.29, 1.82) is 0 Å². The van der Waals surface area contributed by atoms with Gasteiger partial charge in [0, 0.05) is 31.5 Å². The molecule has 2 aliphatic rings. The summed E-state index contributed by atoms with van der Waals surface area (Å²) >= 11 is 0. The molecule has 1 spiro atoms. The van der Waals surface area contributed by atoms with E-state index in [9.17, 15) is 4.79 Å². The van der Waals surface area contributed by atoms with Gasteiger partial charge in [0.05, 0.1) is 0 Å². The minimum atomic E-state index is 0.212. The van der Waals surface area contributed by atoms with Gasteiger partial charge in [-0.1, -0.05) is 30.3 Å². The van der Waals surface area contributed by atoms with Crippen LogP contribution in [0.1, 0.15) is 24.8 Å². The van der Waals surface area contributed by atoms with Crippen LogP contribution in [0.3, 0.4) is 0 Å². The van der Waals surface area contributed by atoms with Gasteiger partial charge in [-0.05, 0) is 24.9 Å². The molecule has 3 rings (SSSR count). The van der Waals surface area contributed by atoms with E-state index in [1.807, 2.05) is 0 Å². The van der Waals surface area contributed by atoms with Crippen LogP contribution in [0.15, 0.2) is 30.3 Å². The number of rotatable bonds is 2. The zero-order chi connectivity index (χ0) is 12.4. The maximum absolute atomic E-state index is 11.5. The first-order chi connectivity index (χ1) is 8.76. The number of likely N-dealkylation sites (tertiary alicyclic amines) is 1. The van der Waals surface area contributed by atoms with E-state index >= 15 is 0 Å². The molecule has 0 bridgehead atoms. The van der Waals surface area contributed by atoms with Gasteiger partial charge in [-0.2, -0.15) is 0 Å². The monoisotopic (exact) mass is 244 g/mol. The molecule has 0 aromatic heterocycles. The largest absolute Gasteiger partial charge is 0.355 e. The molecule has 1 amide bonds. The van der Waals surface area contributed by atoms with E-state index in [1.165, 1.54) is 18.4 Å². The summed E-state index contributed by atoms with van der Waals surface area (Å²) < 4.78 is 0. The van der Waals surface area contributed by atoms with Gasteiger partial charge in [-0.25, -0.2) is 0 Å². The Morgan fingerprint density at radius 3 is 2.83 bits per heavy atom. The van der Waals surface area contributed by atoms with Gasteiger partial charge in [0.25, 0.3) is 0 Å². The molecular weight excluding hydrogens is 224 g/mol. The molecule has 0 aliphatic carbocycles. The molecule has 3 nitrogen and oxygen atoms in total. The summed E-state index contributed by atoms with van der Waals surface area (Å²) in [7, 11) is 0. The van der Waals surface area contributed by atoms with Crippen molar-refractivity contribution in [3.63, 3.8) is 0 Å². The van der Waals surface area contributed by atoms with Crippen molar-refractivity contribution in [2.75, 3.05) is 19.6 Å². The molecule has 2 fully saturated rings. The Kier molecular flexibility index (Phi) is 3.08. The molecule has 1 aromatic carbocycles. The maximum Gasteiger partial charge on any atom is 0.220 e. The number of nitrogens with zero attached hydrogens (tertiary/aromatic N) is 1. The van der Waals surface area contributed by atoms with E-state index in [2.05, 4.69) is 40.5 Å². The summed E-state index contributed by atoms with van der Waals surface area (Å²) in [6, 6.07) is 10.6. The van der Waals surface area contributed by atoms with E-state index in [1.54, 1.807) is 0 Å². The molecule has 96 valence electrons. The molecule has 3 heteroatoms. The van der Waals surface area contributed by atoms with E-state index in [-0.39, 0.29) is 11.3 Å². The minimum absolute atomic E-state index is 0.212. The summed E-state index contributed by atoms with van der Waals surface area (Å²) in [5, 5.41) is 3.00. The lowest BCUT2D eigenvalue weighted by Gasteiger charge is -2.39. The minimum Gasteiger partial charge on any atom is -0.355 e. The molecule has 1 atom stereocenters. The van der Waals surface area contributed by atoms with E-state index in [0.717, 1.165) is 32.6 Å².